The lowest BCUT2D eigenvalue weighted by Crippen LogP contribution is -2.40. The number of anilines is 1. The summed E-state index contributed by atoms with van der Waals surface area (Å²) >= 11 is 0. The normalized spacial score (nSPS) is 20.5. The fraction of sp³-hybridized carbons (Fsp3) is 0.571. The van der Waals surface area contributed by atoms with Crippen LogP contribution in [-0.4, -0.2) is 21.0 Å². The minimum Gasteiger partial charge on any atom is -0.384 e. The number of benzene rings is 1. The molecule has 3 rings (SSSR count). The molecule has 0 bridgehead atoms. The fourth-order valence-electron chi connectivity index (χ4n) is 2.80. The Balaban J connectivity index is 1.79. The van der Waals surface area contributed by atoms with Gasteiger partial charge >= 0.3 is 0 Å². The zero-order valence-corrected chi connectivity index (χ0v) is 12.0. The highest BCUT2D eigenvalue weighted by Crippen LogP contribution is 2.30. The van der Waals surface area contributed by atoms with Crippen LogP contribution >= 0.6 is 0 Å². The van der Waals surface area contributed by atoms with Gasteiger partial charge in [0.1, 0.15) is 0 Å². The van der Waals surface area contributed by atoms with E-state index in [1.807, 2.05) is 13.0 Å². The highest BCUT2D eigenvalue weighted by molar-refractivity contribution is 7.89. The molecule has 1 heterocycles. The summed E-state index contributed by atoms with van der Waals surface area (Å²) in [6.07, 6.45) is 4.40. The van der Waals surface area contributed by atoms with Crippen LogP contribution in [0.15, 0.2) is 23.1 Å². The van der Waals surface area contributed by atoms with Gasteiger partial charge in [-0.2, -0.15) is 0 Å². The van der Waals surface area contributed by atoms with Crippen molar-refractivity contribution in [1.29, 1.82) is 0 Å². The smallest absolute Gasteiger partial charge is 0.240 e. The van der Waals surface area contributed by atoms with E-state index < -0.39 is 10.0 Å². The van der Waals surface area contributed by atoms with Crippen molar-refractivity contribution in [3.63, 3.8) is 0 Å². The Hall–Kier alpha value is -1.07. The van der Waals surface area contributed by atoms with Crippen LogP contribution in [0.4, 0.5) is 5.69 Å². The molecule has 1 saturated carbocycles. The van der Waals surface area contributed by atoms with Crippen molar-refractivity contribution in [1.82, 2.24) is 4.72 Å². The van der Waals surface area contributed by atoms with E-state index in [0.29, 0.717) is 10.8 Å². The average Bonchev–Trinajstić information content (AvgIpc) is 2.72. The van der Waals surface area contributed by atoms with E-state index in [9.17, 15) is 8.42 Å². The molecule has 4 nitrogen and oxygen atoms in total. The molecule has 2 aliphatic rings. The van der Waals surface area contributed by atoms with Gasteiger partial charge in [0, 0.05) is 18.3 Å². The Morgan fingerprint density at radius 1 is 1.37 bits per heavy atom. The van der Waals surface area contributed by atoms with Crippen LogP contribution in [-0.2, 0) is 16.4 Å². The van der Waals surface area contributed by atoms with Crippen LogP contribution < -0.4 is 10.0 Å². The summed E-state index contributed by atoms with van der Waals surface area (Å²) in [7, 11) is -3.38. The maximum Gasteiger partial charge on any atom is 0.240 e. The molecule has 2 N–H and O–H groups in total. The monoisotopic (exact) mass is 280 g/mol. The predicted octanol–water partition coefficient (Wildman–Crippen LogP) is 2.12. The topological polar surface area (TPSA) is 58.2 Å². The molecule has 104 valence electrons. The largest absolute Gasteiger partial charge is 0.384 e. The van der Waals surface area contributed by atoms with Gasteiger partial charge in [0.15, 0.2) is 0 Å². The van der Waals surface area contributed by atoms with Gasteiger partial charge in [-0.05, 0) is 55.9 Å². The number of hydrogen-bond donors (Lipinski definition) is 2. The summed E-state index contributed by atoms with van der Waals surface area (Å²) in [5, 5.41) is 3.24. The second-order valence-corrected chi connectivity index (χ2v) is 7.31. The molecule has 5 heteroatoms. The third-order valence-electron chi connectivity index (χ3n) is 4.29. The Morgan fingerprint density at radius 3 is 2.84 bits per heavy atom. The molecule has 1 unspecified atom stereocenters. The molecule has 0 spiro atoms. The van der Waals surface area contributed by atoms with Crippen molar-refractivity contribution in [3.05, 3.63) is 23.8 Å². The van der Waals surface area contributed by atoms with Gasteiger partial charge < -0.3 is 5.32 Å². The minimum atomic E-state index is -3.38. The van der Waals surface area contributed by atoms with Gasteiger partial charge in [-0.1, -0.05) is 6.42 Å². The van der Waals surface area contributed by atoms with E-state index in [0.717, 1.165) is 37.1 Å². The molecule has 1 aliphatic carbocycles. The quantitative estimate of drug-likeness (QED) is 0.888. The highest BCUT2D eigenvalue weighted by atomic mass is 32.2. The number of sulfonamides is 1. The second kappa shape index (κ2) is 4.80. The molecule has 0 saturated heterocycles. The van der Waals surface area contributed by atoms with Crippen LogP contribution in [0.3, 0.4) is 0 Å². The van der Waals surface area contributed by atoms with Crippen molar-refractivity contribution in [2.45, 2.75) is 43.5 Å². The van der Waals surface area contributed by atoms with E-state index in [1.54, 1.807) is 12.1 Å². The van der Waals surface area contributed by atoms with E-state index in [2.05, 4.69) is 10.0 Å². The third kappa shape index (κ3) is 2.49. The van der Waals surface area contributed by atoms with Crippen molar-refractivity contribution in [3.8, 4) is 0 Å². The molecule has 0 radical (unpaired) electrons. The van der Waals surface area contributed by atoms with Gasteiger partial charge in [-0.25, -0.2) is 13.1 Å². The molecule has 1 aromatic rings. The Kier molecular flexibility index (Phi) is 3.27. The van der Waals surface area contributed by atoms with Crippen molar-refractivity contribution in [2.24, 2.45) is 5.92 Å². The second-order valence-electron chi connectivity index (χ2n) is 5.60. The SMILES string of the molecule is CC(NS(=O)(=O)c1ccc2c(c1)CCN2)C1CCC1. The molecule has 0 amide bonds. The summed E-state index contributed by atoms with van der Waals surface area (Å²) in [5.41, 5.74) is 2.16. The molecule has 1 aromatic carbocycles. The number of rotatable bonds is 4. The molecule has 1 atom stereocenters. The first-order valence-electron chi connectivity index (χ1n) is 6.95. The van der Waals surface area contributed by atoms with Gasteiger partial charge in [0.05, 0.1) is 4.90 Å². The molecule has 19 heavy (non-hydrogen) atoms. The standard InChI is InChI=1S/C14H20N2O2S/c1-10(11-3-2-4-11)16-19(17,18)13-5-6-14-12(9-13)7-8-15-14/h5-6,9-11,15-16H,2-4,7-8H2,1H3. The first-order valence-corrected chi connectivity index (χ1v) is 8.44. The fourth-order valence-corrected chi connectivity index (χ4v) is 4.16. The summed E-state index contributed by atoms with van der Waals surface area (Å²) in [5.74, 6) is 0.505. The molecule has 1 aliphatic heterocycles. The minimum absolute atomic E-state index is 0.0325. The maximum atomic E-state index is 12.4. The molecular formula is C14H20N2O2S. The van der Waals surface area contributed by atoms with Gasteiger partial charge in [0.2, 0.25) is 10.0 Å². The van der Waals surface area contributed by atoms with E-state index >= 15 is 0 Å². The summed E-state index contributed by atoms with van der Waals surface area (Å²) in [6, 6.07) is 5.38. The Morgan fingerprint density at radius 2 is 2.16 bits per heavy atom. The van der Waals surface area contributed by atoms with Crippen molar-refractivity contribution in [2.75, 3.05) is 11.9 Å². The molecule has 1 fully saturated rings. The van der Waals surface area contributed by atoms with E-state index in [4.69, 9.17) is 0 Å². The van der Waals surface area contributed by atoms with Crippen molar-refractivity contribution < 1.29 is 8.42 Å². The van der Waals surface area contributed by atoms with Crippen LogP contribution in [0.25, 0.3) is 0 Å². The Bertz CT molecular complexity index is 579. The average molecular weight is 280 g/mol. The number of nitrogens with one attached hydrogen (secondary N) is 2. The Labute approximate surface area is 114 Å². The summed E-state index contributed by atoms with van der Waals surface area (Å²) in [6.45, 7) is 2.86. The van der Waals surface area contributed by atoms with Crippen LogP contribution in [0.5, 0.6) is 0 Å². The third-order valence-corrected chi connectivity index (χ3v) is 5.85. The van der Waals surface area contributed by atoms with Crippen molar-refractivity contribution >= 4 is 15.7 Å². The molecule has 0 aromatic heterocycles. The van der Waals surface area contributed by atoms with Gasteiger partial charge in [-0.3, -0.25) is 0 Å². The van der Waals surface area contributed by atoms with Gasteiger partial charge in [-0.15, -0.1) is 0 Å². The maximum absolute atomic E-state index is 12.4. The first kappa shape index (κ1) is 12.9. The van der Waals surface area contributed by atoms with E-state index in [1.165, 1.54) is 6.42 Å². The highest BCUT2D eigenvalue weighted by Gasteiger charge is 2.28. The summed E-state index contributed by atoms with van der Waals surface area (Å²) in [4.78, 5) is 0.390. The van der Waals surface area contributed by atoms with Gasteiger partial charge in [0.25, 0.3) is 0 Å². The lowest BCUT2D eigenvalue weighted by Gasteiger charge is -2.31. The lowest BCUT2D eigenvalue weighted by atomic mass is 9.81. The van der Waals surface area contributed by atoms with Crippen LogP contribution in [0.1, 0.15) is 31.7 Å². The number of hydrogen-bond acceptors (Lipinski definition) is 3. The van der Waals surface area contributed by atoms with Crippen LogP contribution in [0.2, 0.25) is 0 Å². The predicted molar refractivity (Wildman–Crippen MR) is 75.8 cm³/mol. The lowest BCUT2D eigenvalue weighted by molar-refractivity contribution is 0.260. The van der Waals surface area contributed by atoms with E-state index in [-0.39, 0.29) is 6.04 Å². The zero-order chi connectivity index (χ0) is 13.5. The first-order chi connectivity index (χ1) is 9.06. The molecular weight excluding hydrogens is 260 g/mol. The summed E-state index contributed by atoms with van der Waals surface area (Å²) < 4.78 is 27.5. The number of fused-ring (bicyclic) bond motifs is 1. The van der Waals surface area contributed by atoms with Crippen LogP contribution in [0, 0.1) is 5.92 Å². The zero-order valence-electron chi connectivity index (χ0n) is 11.1.